The summed E-state index contributed by atoms with van der Waals surface area (Å²) in [5.41, 5.74) is 6.01. The number of nitrogens with two attached hydrogens (primary N) is 1. The highest BCUT2D eigenvalue weighted by molar-refractivity contribution is 5.94. The van der Waals surface area contributed by atoms with Crippen LogP contribution in [0.4, 0.5) is 0 Å². The third-order valence-electron chi connectivity index (χ3n) is 2.66. The maximum Gasteiger partial charge on any atom is 0.253 e. The predicted octanol–water partition coefficient (Wildman–Crippen LogP) is 1.59. The van der Waals surface area contributed by atoms with E-state index < -0.39 is 0 Å². The minimum absolute atomic E-state index is 0.0160. The number of carbonyl (C=O) groups excluding carboxylic acids is 1. The molecule has 1 aromatic rings. The van der Waals surface area contributed by atoms with Crippen LogP contribution in [-0.2, 0) is 0 Å². The van der Waals surface area contributed by atoms with Gasteiger partial charge in [-0.25, -0.2) is 0 Å². The number of hydrogen-bond donors (Lipinski definition) is 2. The predicted molar refractivity (Wildman–Crippen MR) is 68.0 cm³/mol. The van der Waals surface area contributed by atoms with Gasteiger partial charge in [0, 0.05) is 19.2 Å². The molecule has 0 atom stereocenters. The van der Waals surface area contributed by atoms with E-state index in [1.54, 1.807) is 24.1 Å². The van der Waals surface area contributed by atoms with Crippen molar-refractivity contribution in [3.63, 3.8) is 0 Å². The first kappa shape index (κ1) is 13.5. The van der Waals surface area contributed by atoms with Crippen LogP contribution in [0.15, 0.2) is 24.3 Å². The molecule has 0 aromatic heterocycles. The summed E-state index contributed by atoms with van der Waals surface area (Å²) in [7, 11) is 1.79. The minimum Gasteiger partial charge on any atom is -0.508 e. The summed E-state index contributed by atoms with van der Waals surface area (Å²) in [5, 5.41) is 9.14. The summed E-state index contributed by atoms with van der Waals surface area (Å²) in [6.07, 6.45) is 3.02. The van der Waals surface area contributed by atoms with E-state index in [0.717, 1.165) is 25.8 Å². The van der Waals surface area contributed by atoms with Crippen LogP contribution in [0.25, 0.3) is 0 Å². The number of nitrogens with zero attached hydrogens (tertiary/aromatic N) is 1. The van der Waals surface area contributed by atoms with Gasteiger partial charge in [0.15, 0.2) is 0 Å². The quantitative estimate of drug-likeness (QED) is 0.737. The van der Waals surface area contributed by atoms with Crippen LogP contribution in [0.1, 0.15) is 29.6 Å². The molecule has 0 aliphatic rings. The summed E-state index contributed by atoms with van der Waals surface area (Å²) in [6.45, 7) is 1.44. The molecule has 1 rings (SSSR count). The van der Waals surface area contributed by atoms with E-state index in [-0.39, 0.29) is 11.7 Å². The zero-order chi connectivity index (χ0) is 12.7. The maximum absolute atomic E-state index is 11.9. The van der Waals surface area contributed by atoms with E-state index in [0.29, 0.717) is 12.1 Å². The first-order chi connectivity index (χ1) is 8.15. The van der Waals surface area contributed by atoms with Gasteiger partial charge >= 0.3 is 0 Å². The van der Waals surface area contributed by atoms with Crippen molar-refractivity contribution in [1.29, 1.82) is 0 Å². The van der Waals surface area contributed by atoms with Crippen LogP contribution in [0.2, 0.25) is 0 Å². The van der Waals surface area contributed by atoms with E-state index in [1.165, 1.54) is 12.1 Å². The maximum atomic E-state index is 11.9. The smallest absolute Gasteiger partial charge is 0.253 e. The molecule has 4 heteroatoms. The van der Waals surface area contributed by atoms with Gasteiger partial charge in [-0.1, -0.05) is 6.42 Å². The Balaban J connectivity index is 2.43. The van der Waals surface area contributed by atoms with Gasteiger partial charge in [0.2, 0.25) is 0 Å². The summed E-state index contributed by atoms with van der Waals surface area (Å²) < 4.78 is 0. The second-order valence-corrected chi connectivity index (χ2v) is 4.12. The van der Waals surface area contributed by atoms with E-state index in [1.807, 2.05) is 0 Å². The third-order valence-corrected chi connectivity index (χ3v) is 2.66. The lowest BCUT2D eigenvalue weighted by Crippen LogP contribution is -2.27. The molecule has 0 fully saturated rings. The Hall–Kier alpha value is -1.55. The van der Waals surface area contributed by atoms with Crippen LogP contribution in [-0.4, -0.2) is 36.1 Å². The Labute approximate surface area is 102 Å². The molecule has 17 heavy (non-hydrogen) atoms. The molecule has 0 heterocycles. The van der Waals surface area contributed by atoms with Gasteiger partial charge in [-0.3, -0.25) is 4.79 Å². The molecule has 0 unspecified atom stereocenters. The highest BCUT2D eigenvalue weighted by atomic mass is 16.3. The van der Waals surface area contributed by atoms with Gasteiger partial charge in [-0.05, 0) is 43.7 Å². The lowest BCUT2D eigenvalue weighted by atomic mass is 10.2. The van der Waals surface area contributed by atoms with Crippen LogP contribution in [0.5, 0.6) is 5.75 Å². The number of rotatable bonds is 6. The Morgan fingerprint density at radius 2 is 1.88 bits per heavy atom. The highest BCUT2D eigenvalue weighted by Crippen LogP contribution is 2.11. The Kier molecular flexibility index (Phi) is 5.49. The summed E-state index contributed by atoms with van der Waals surface area (Å²) >= 11 is 0. The molecular weight excluding hydrogens is 216 g/mol. The molecule has 0 bridgehead atoms. The van der Waals surface area contributed by atoms with E-state index >= 15 is 0 Å². The molecule has 0 saturated heterocycles. The van der Waals surface area contributed by atoms with Crippen LogP contribution in [0, 0.1) is 0 Å². The van der Waals surface area contributed by atoms with Crippen molar-refractivity contribution >= 4 is 5.91 Å². The van der Waals surface area contributed by atoms with Crippen molar-refractivity contribution in [1.82, 2.24) is 4.90 Å². The molecule has 0 radical (unpaired) electrons. The summed E-state index contributed by atoms with van der Waals surface area (Å²) in [4.78, 5) is 13.6. The standard InChI is InChI=1S/C13H20N2O2/c1-15(10-4-2-3-9-14)13(17)11-5-7-12(16)8-6-11/h5-8,16H,2-4,9-10,14H2,1H3. The van der Waals surface area contributed by atoms with Gasteiger partial charge in [0.25, 0.3) is 5.91 Å². The third kappa shape index (κ3) is 4.44. The average molecular weight is 236 g/mol. The molecule has 0 spiro atoms. The monoisotopic (exact) mass is 236 g/mol. The first-order valence-corrected chi connectivity index (χ1v) is 5.89. The molecular formula is C13H20N2O2. The molecule has 0 aliphatic carbocycles. The highest BCUT2D eigenvalue weighted by Gasteiger charge is 2.10. The normalized spacial score (nSPS) is 10.2. The molecule has 4 nitrogen and oxygen atoms in total. The van der Waals surface area contributed by atoms with Gasteiger partial charge in [-0.2, -0.15) is 0 Å². The van der Waals surface area contributed by atoms with Crippen LogP contribution >= 0.6 is 0 Å². The van der Waals surface area contributed by atoms with Gasteiger partial charge in [0.05, 0.1) is 0 Å². The molecule has 1 amide bonds. The van der Waals surface area contributed by atoms with Crippen molar-refractivity contribution in [3.05, 3.63) is 29.8 Å². The number of carbonyl (C=O) groups is 1. The molecule has 94 valence electrons. The second kappa shape index (κ2) is 6.91. The van der Waals surface area contributed by atoms with Crippen molar-refractivity contribution in [2.45, 2.75) is 19.3 Å². The van der Waals surface area contributed by atoms with Gasteiger partial charge in [0.1, 0.15) is 5.75 Å². The minimum atomic E-state index is -0.0160. The first-order valence-electron chi connectivity index (χ1n) is 5.89. The molecule has 0 saturated carbocycles. The fraction of sp³-hybridized carbons (Fsp3) is 0.462. The number of unbranched alkanes of at least 4 members (excludes halogenated alkanes) is 2. The lowest BCUT2D eigenvalue weighted by Gasteiger charge is -2.17. The summed E-state index contributed by atoms with van der Waals surface area (Å²) in [6, 6.07) is 6.31. The fourth-order valence-corrected chi connectivity index (χ4v) is 1.60. The van der Waals surface area contributed by atoms with Gasteiger partial charge < -0.3 is 15.7 Å². The fourth-order valence-electron chi connectivity index (χ4n) is 1.60. The van der Waals surface area contributed by atoms with E-state index in [2.05, 4.69) is 0 Å². The SMILES string of the molecule is CN(CCCCCN)C(=O)c1ccc(O)cc1. The number of benzene rings is 1. The van der Waals surface area contributed by atoms with Crippen molar-refractivity contribution < 1.29 is 9.90 Å². The molecule has 1 aromatic carbocycles. The Morgan fingerprint density at radius 3 is 2.47 bits per heavy atom. The number of aromatic hydroxyl groups is 1. The number of hydrogen-bond acceptors (Lipinski definition) is 3. The summed E-state index contributed by atoms with van der Waals surface area (Å²) in [5.74, 6) is 0.157. The van der Waals surface area contributed by atoms with Gasteiger partial charge in [-0.15, -0.1) is 0 Å². The van der Waals surface area contributed by atoms with Crippen molar-refractivity contribution in [2.24, 2.45) is 5.73 Å². The Morgan fingerprint density at radius 1 is 1.24 bits per heavy atom. The van der Waals surface area contributed by atoms with Crippen LogP contribution in [0.3, 0.4) is 0 Å². The zero-order valence-electron chi connectivity index (χ0n) is 10.2. The molecule has 0 aliphatic heterocycles. The number of phenolic OH excluding ortho intramolecular Hbond substituents is 1. The van der Waals surface area contributed by atoms with Crippen LogP contribution < -0.4 is 5.73 Å². The molecule has 3 N–H and O–H groups in total. The zero-order valence-corrected chi connectivity index (χ0v) is 10.2. The van der Waals surface area contributed by atoms with Crippen molar-refractivity contribution in [2.75, 3.05) is 20.1 Å². The average Bonchev–Trinajstić information content (AvgIpc) is 2.34. The second-order valence-electron chi connectivity index (χ2n) is 4.12. The lowest BCUT2D eigenvalue weighted by molar-refractivity contribution is 0.0792. The van der Waals surface area contributed by atoms with E-state index in [9.17, 15) is 4.79 Å². The van der Waals surface area contributed by atoms with E-state index in [4.69, 9.17) is 10.8 Å². The number of amides is 1. The number of phenols is 1. The Bertz CT molecular complexity index is 349. The largest absolute Gasteiger partial charge is 0.508 e. The van der Waals surface area contributed by atoms with Crippen molar-refractivity contribution in [3.8, 4) is 5.75 Å². The topological polar surface area (TPSA) is 66.6 Å².